The Morgan fingerprint density at radius 1 is 1.44 bits per heavy atom. The van der Waals surface area contributed by atoms with Crippen molar-refractivity contribution in [3.05, 3.63) is 46.7 Å². The lowest BCUT2D eigenvalue weighted by molar-refractivity contribution is 0.644. The van der Waals surface area contributed by atoms with E-state index in [9.17, 15) is 0 Å². The molecular formula is C13H12ClN3S. The van der Waals surface area contributed by atoms with E-state index in [0.717, 1.165) is 16.9 Å². The highest BCUT2D eigenvalue weighted by Gasteiger charge is 2.17. The first-order valence-corrected chi connectivity index (χ1v) is 7.13. The van der Waals surface area contributed by atoms with Gasteiger partial charge in [0.05, 0.1) is 23.6 Å². The Hall–Kier alpha value is -1.39. The average Bonchev–Trinajstić information content (AvgIpc) is 3.04. The highest BCUT2D eigenvalue weighted by Crippen LogP contribution is 2.28. The normalized spacial score (nSPS) is 13.0. The van der Waals surface area contributed by atoms with Crippen molar-refractivity contribution in [2.75, 3.05) is 0 Å². The number of pyridine rings is 1. The van der Waals surface area contributed by atoms with Crippen LogP contribution in [0.4, 0.5) is 0 Å². The molecule has 0 saturated carbocycles. The Labute approximate surface area is 114 Å². The molecule has 0 aromatic carbocycles. The Morgan fingerprint density at radius 3 is 3.06 bits per heavy atom. The molecule has 3 nitrogen and oxygen atoms in total. The molecule has 3 heterocycles. The largest absolute Gasteiger partial charge is 0.319 e. The monoisotopic (exact) mass is 277 g/mol. The van der Waals surface area contributed by atoms with Crippen molar-refractivity contribution in [1.29, 1.82) is 0 Å². The van der Waals surface area contributed by atoms with Crippen molar-refractivity contribution in [2.45, 2.75) is 18.8 Å². The second-order valence-corrected chi connectivity index (χ2v) is 5.33. The Balaban J connectivity index is 2.20. The number of aromatic nitrogens is 3. The lowest BCUT2D eigenvalue weighted by Gasteiger charge is -2.15. The Kier molecular flexibility index (Phi) is 3.06. The fourth-order valence-corrected chi connectivity index (χ4v) is 3.15. The minimum Gasteiger partial charge on any atom is -0.319 e. The van der Waals surface area contributed by atoms with Crippen molar-refractivity contribution in [3.63, 3.8) is 0 Å². The topological polar surface area (TPSA) is 30.7 Å². The van der Waals surface area contributed by atoms with Gasteiger partial charge in [0, 0.05) is 11.1 Å². The molecule has 3 aromatic heterocycles. The van der Waals surface area contributed by atoms with Crippen molar-refractivity contribution in [1.82, 2.24) is 14.5 Å². The predicted molar refractivity (Wildman–Crippen MR) is 75.2 cm³/mol. The van der Waals surface area contributed by atoms with E-state index in [0.29, 0.717) is 5.88 Å². The van der Waals surface area contributed by atoms with E-state index in [4.69, 9.17) is 11.6 Å². The molecule has 1 atom stereocenters. The van der Waals surface area contributed by atoms with Gasteiger partial charge >= 0.3 is 0 Å². The SMILES string of the molecule is CC(c1cccs1)n1c(CCl)nc2cnccc21. The number of rotatable bonds is 3. The minimum atomic E-state index is 0.242. The maximum atomic E-state index is 6.01. The van der Waals surface area contributed by atoms with E-state index in [1.165, 1.54) is 4.88 Å². The fourth-order valence-electron chi connectivity index (χ4n) is 2.18. The lowest BCUT2D eigenvalue weighted by atomic mass is 10.2. The first kappa shape index (κ1) is 11.7. The smallest absolute Gasteiger partial charge is 0.125 e. The first-order chi connectivity index (χ1) is 8.81. The quantitative estimate of drug-likeness (QED) is 0.681. The van der Waals surface area contributed by atoms with Crippen LogP contribution in [0.25, 0.3) is 11.0 Å². The summed E-state index contributed by atoms with van der Waals surface area (Å²) in [6.45, 7) is 2.17. The summed E-state index contributed by atoms with van der Waals surface area (Å²) in [6, 6.07) is 6.44. The molecule has 0 bridgehead atoms. The molecule has 18 heavy (non-hydrogen) atoms. The van der Waals surface area contributed by atoms with Gasteiger partial charge < -0.3 is 4.57 Å². The summed E-state index contributed by atoms with van der Waals surface area (Å²) in [7, 11) is 0. The molecule has 0 fully saturated rings. The van der Waals surface area contributed by atoms with E-state index in [-0.39, 0.29) is 6.04 Å². The molecule has 3 aromatic rings. The van der Waals surface area contributed by atoms with Crippen LogP contribution in [0, 0.1) is 0 Å². The van der Waals surface area contributed by atoms with Crippen LogP contribution in [0.15, 0.2) is 36.0 Å². The van der Waals surface area contributed by atoms with E-state index in [1.54, 1.807) is 23.7 Å². The summed E-state index contributed by atoms with van der Waals surface area (Å²) in [6.07, 6.45) is 3.57. The number of alkyl halides is 1. The molecule has 0 saturated heterocycles. The van der Waals surface area contributed by atoms with Gasteiger partial charge in [-0.2, -0.15) is 0 Å². The number of hydrogen-bond acceptors (Lipinski definition) is 3. The number of thiophene rings is 1. The Morgan fingerprint density at radius 2 is 2.33 bits per heavy atom. The zero-order chi connectivity index (χ0) is 12.5. The average molecular weight is 278 g/mol. The van der Waals surface area contributed by atoms with Crippen LogP contribution in [0.5, 0.6) is 0 Å². The van der Waals surface area contributed by atoms with Gasteiger partial charge in [-0.25, -0.2) is 4.98 Å². The lowest BCUT2D eigenvalue weighted by Crippen LogP contribution is -2.08. The van der Waals surface area contributed by atoms with Gasteiger partial charge in [0.15, 0.2) is 0 Å². The van der Waals surface area contributed by atoms with Gasteiger partial charge in [-0.15, -0.1) is 22.9 Å². The van der Waals surface area contributed by atoms with Crippen LogP contribution < -0.4 is 0 Å². The molecule has 3 rings (SSSR count). The van der Waals surface area contributed by atoms with Gasteiger partial charge in [-0.05, 0) is 24.4 Å². The summed E-state index contributed by atoms with van der Waals surface area (Å²) in [5, 5.41) is 2.09. The summed E-state index contributed by atoms with van der Waals surface area (Å²) in [5.41, 5.74) is 1.98. The number of imidazole rings is 1. The molecule has 0 aliphatic carbocycles. The molecule has 0 aliphatic rings. The van der Waals surface area contributed by atoms with Gasteiger partial charge in [0.2, 0.25) is 0 Å². The van der Waals surface area contributed by atoms with Crippen molar-refractivity contribution < 1.29 is 0 Å². The van der Waals surface area contributed by atoms with Crippen LogP contribution in [0.3, 0.4) is 0 Å². The predicted octanol–water partition coefficient (Wildman–Crippen LogP) is 3.84. The zero-order valence-electron chi connectivity index (χ0n) is 9.88. The fraction of sp³-hybridized carbons (Fsp3) is 0.231. The highest BCUT2D eigenvalue weighted by atomic mass is 35.5. The molecule has 0 spiro atoms. The molecule has 0 radical (unpaired) electrons. The third-order valence-electron chi connectivity index (χ3n) is 3.03. The third kappa shape index (κ3) is 1.82. The molecule has 92 valence electrons. The Bertz CT molecular complexity index is 660. The van der Waals surface area contributed by atoms with E-state index in [2.05, 4.69) is 39.0 Å². The van der Waals surface area contributed by atoms with Gasteiger partial charge in [0.25, 0.3) is 0 Å². The summed E-state index contributed by atoms with van der Waals surface area (Å²) in [5.74, 6) is 1.30. The molecule has 0 amide bonds. The van der Waals surface area contributed by atoms with Crippen molar-refractivity contribution in [3.8, 4) is 0 Å². The summed E-state index contributed by atoms with van der Waals surface area (Å²) < 4.78 is 2.19. The maximum Gasteiger partial charge on any atom is 0.125 e. The summed E-state index contributed by atoms with van der Waals surface area (Å²) >= 11 is 7.76. The number of nitrogens with zero attached hydrogens (tertiary/aromatic N) is 3. The zero-order valence-corrected chi connectivity index (χ0v) is 11.4. The van der Waals surface area contributed by atoms with Crippen molar-refractivity contribution in [2.24, 2.45) is 0 Å². The van der Waals surface area contributed by atoms with Gasteiger partial charge in [-0.3, -0.25) is 4.98 Å². The summed E-state index contributed by atoms with van der Waals surface area (Å²) in [4.78, 5) is 9.95. The van der Waals surface area contributed by atoms with Crippen LogP contribution in [-0.2, 0) is 5.88 Å². The first-order valence-electron chi connectivity index (χ1n) is 5.71. The van der Waals surface area contributed by atoms with Gasteiger partial charge in [-0.1, -0.05) is 6.07 Å². The molecule has 0 aliphatic heterocycles. The van der Waals surface area contributed by atoms with Crippen LogP contribution in [0.1, 0.15) is 23.7 Å². The number of halogens is 1. The molecule has 5 heteroatoms. The van der Waals surface area contributed by atoms with Crippen molar-refractivity contribution >= 4 is 34.0 Å². The van der Waals surface area contributed by atoms with Crippen LogP contribution >= 0.6 is 22.9 Å². The molecule has 0 N–H and O–H groups in total. The highest BCUT2D eigenvalue weighted by molar-refractivity contribution is 7.10. The van der Waals surface area contributed by atoms with Crippen LogP contribution in [0.2, 0.25) is 0 Å². The third-order valence-corrected chi connectivity index (χ3v) is 4.31. The second-order valence-electron chi connectivity index (χ2n) is 4.09. The maximum absolute atomic E-state index is 6.01. The molecular weight excluding hydrogens is 266 g/mol. The second kappa shape index (κ2) is 4.71. The standard InChI is InChI=1S/C13H12ClN3S/c1-9(12-3-2-6-18-12)17-11-4-5-15-8-10(11)16-13(17)7-14/h2-6,8-9H,7H2,1H3. The van der Waals surface area contributed by atoms with Crippen LogP contribution in [-0.4, -0.2) is 14.5 Å². The molecule has 1 unspecified atom stereocenters. The van der Waals surface area contributed by atoms with Gasteiger partial charge in [0.1, 0.15) is 11.3 Å². The minimum absolute atomic E-state index is 0.242. The number of fused-ring (bicyclic) bond motifs is 1. The van der Waals surface area contributed by atoms with E-state index in [1.807, 2.05) is 6.07 Å². The number of hydrogen-bond donors (Lipinski definition) is 0. The van der Waals surface area contributed by atoms with E-state index < -0.39 is 0 Å². The van der Waals surface area contributed by atoms with E-state index >= 15 is 0 Å².